The molecular formula is C42H55N5O2. The van der Waals surface area contributed by atoms with Crippen molar-refractivity contribution in [3.63, 3.8) is 0 Å². The van der Waals surface area contributed by atoms with Crippen LogP contribution in [-0.4, -0.2) is 51.3 Å². The maximum Gasteiger partial charge on any atom is 0.259 e. The lowest BCUT2D eigenvalue weighted by Gasteiger charge is -2.11. The summed E-state index contributed by atoms with van der Waals surface area (Å²) in [7, 11) is 1.95. The van der Waals surface area contributed by atoms with Gasteiger partial charge in [-0.25, -0.2) is 0 Å². The monoisotopic (exact) mass is 661 g/mol. The zero-order valence-electron chi connectivity index (χ0n) is 30.5. The van der Waals surface area contributed by atoms with Gasteiger partial charge in [-0.15, -0.1) is 12.8 Å². The number of likely N-dealkylation sites (tertiary alicyclic amines) is 1. The third-order valence-corrected chi connectivity index (χ3v) is 8.71. The van der Waals surface area contributed by atoms with E-state index in [1.165, 1.54) is 57.3 Å². The Hall–Kier alpha value is -4.67. The van der Waals surface area contributed by atoms with Crippen LogP contribution in [0.5, 0.6) is 0 Å². The third-order valence-electron chi connectivity index (χ3n) is 8.71. The zero-order chi connectivity index (χ0) is 35.8. The van der Waals surface area contributed by atoms with Crippen LogP contribution in [0.1, 0.15) is 90.7 Å². The van der Waals surface area contributed by atoms with Gasteiger partial charge < -0.3 is 9.13 Å². The summed E-state index contributed by atoms with van der Waals surface area (Å²) in [5.74, 6) is -0.684. The topological polar surface area (TPSA) is 71.6 Å². The Kier molecular flexibility index (Phi) is 15.8. The number of imide groups is 1. The number of hydrogen-bond acceptors (Lipinski definition) is 4. The lowest BCUT2D eigenvalue weighted by molar-refractivity contribution is -0.122. The van der Waals surface area contributed by atoms with Gasteiger partial charge in [0.25, 0.3) is 11.8 Å². The van der Waals surface area contributed by atoms with Crippen molar-refractivity contribution in [3.05, 3.63) is 84.2 Å². The fourth-order valence-electron chi connectivity index (χ4n) is 6.35. The molecule has 0 bridgehead atoms. The van der Waals surface area contributed by atoms with E-state index in [1.54, 1.807) is 0 Å². The number of carbonyl (C=O) groups excluding carboxylic acids is 2. The number of rotatable bonds is 11. The standard InChI is InChI=1S/C23H19N3O2.C15H28N2.C2H6.C2H2/c1-3-26-13-17(15-9-5-7-11-19(15)26)21-20(22(27)24-23(21)28)16-12-25(2)18-10-6-4-8-14(16)18;1-3-5-6-7-11-15(10-4-2)16-14-17-12-8-9-13-17;2*1-2/h4-13H,3H2,1-2H3,(H,24,27,28);7,11H,3-6,8-10,12-14H2,1-2H3;1-2H3;1-2H/b;11-7-,16-15?;;. The van der Waals surface area contributed by atoms with Gasteiger partial charge in [-0.3, -0.25) is 24.8 Å². The minimum atomic E-state index is -0.343. The number of amides is 2. The number of benzene rings is 2. The number of aryl methyl sites for hydroxylation is 2. The molecular weight excluding hydrogens is 606 g/mol. The number of fused-ring (bicyclic) bond motifs is 2. The van der Waals surface area contributed by atoms with E-state index in [1.807, 2.05) is 86.4 Å². The Morgan fingerprint density at radius 2 is 1.41 bits per heavy atom. The fraction of sp³-hybridized carbons (Fsp3) is 0.405. The molecule has 2 aromatic heterocycles. The zero-order valence-corrected chi connectivity index (χ0v) is 30.5. The van der Waals surface area contributed by atoms with E-state index < -0.39 is 0 Å². The second-order valence-electron chi connectivity index (χ2n) is 12.0. The summed E-state index contributed by atoms with van der Waals surface area (Å²) < 4.78 is 4.09. The Balaban J connectivity index is 0.000000267. The van der Waals surface area contributed by atoms with E-state index in [2.05, 4.69) is 60.6 Å². The predicted molar refractivity (Wildman–Crippen MR) is 208 cm³/mol. The molecule has 4 heterocycles. The van der Waals surface area contributed by atoms with Crippen molar-refractivity contribution in [1.82, 2.24) is 19.4 Å². The summed E-state index contributed by atoms with van der Waals surface area (Å²) in [6, 6.07) is 15.9. The van der Waals surface area contributed by atoms with Crippen LogP contribution in [0.2, 0.25) is 0 Å². The number of aromatic nitrogens is 2. The van der Waals surface area contributed by atoms with Crippen molar-refractivity contribution in [2.24, 2.45) is 12.0 Å². The minimum Gasteiger partial charge on any atom is -0.350 e. The van der Waals surface area contributed by atoms with Crippen molar-refractivity contribution in [2.75, 3.05) is 19.8 Å². The SMILES string of the molecule is C#C.CC.CCCC/C=C\C(CCC)=NCN1CCCC1.CCn1cc(C2=C(c3cn(C)c4ccccc34)C(=O)NC2=O)c2ccccc21. The maximum absolute atomic E-state index is 12.8. The Labute approximate surface area is 293 Å². The minimum absolute atomic E-state index is 0.341. The molecule has 0 atom stereocenters. The molecule has 0 spiro atoms. The first-order valence-electron chi connectivity index (χ1n) is 17.9. The smallest absolute Gasteiger partial charge is 0.259 e. The van der Waals surface area contributed by atoms with Crippen LogP contribution >= 0.6 is 0 Å². The van der Waals surface area contributed by atoms with Crippen LogP contribution < -0.4 is 5.32 Å². The normalized spacial score (nSPS) is 14.8. The summed E-state index contributed by atoms with van der Waals surface area (Å²) in [6.45, 7) is 14.7. The molecule has 0 aliphatic carbocycles. The van der Waals surface area contributed by atoms with Gasteiger partial charge in [-0.2, -0.15) is 0 Å². The fourth-order valence-corrected chi connectivity index (χ4v) is 6.35. The highest BCUT2D eigenvalue weighted by molar-refractivity contribution is 6.50. The predicted octanol–water partition coefficient (Wildman–Crippen LogP) is 9.02. The largest absolute Gasteiger partial charge is 0.350 e. The van der Waals surface area contributed by atoms with E-state index in [9.17, 15) is 9.59 Å². The molecule has 1 saturated heterocycles. The Bertz CT molecular complexity index is 1790. The van der Waals surface area contributed by atoms with Gasteiger partial charge in [-0.05, 0) is 63.9 Å². The first-order chi connectivity index (χ1) is 24.0. The highest BCUT2D eigenvalue weighted by atomic mass is 16.2. The number of nitrogens with one attached hydrogen (secondary N) is 1. The van der Waals surface area contributed by atoms with E-state index in [0.29, 0.717) is 11.1 Å². The van der Waals surface area contributed by atoms with Crippen LogP contribution in [-0.2, 0) is 23.2 Å². The summed E-state index contributed by atoms with van der Waals surface area (Å²) in [6.07, 6.45) is 25.2. The number of aliphatic imine (C=N–C) groups is 1. The first kappa shape index (κ1) is 38.8. The average molecular weight is 662 g/mol. The number of nitrogens with zero attached hydrogens (tertiary/aromatic N) is 4. The molecule has 2 aromatic carbocycles. The quantitative estimate of drug-likeness (QED) is 0.0755. The molecule has 7 nitrogen and oxygen atoms in total. The molecule has 7 heteroatoms. The lowest BCUT2D eigenvalue weighted by Crippen LogP contribution is -2.22. The molecule has 1 N–H and O–H groups in total. The lowest BCUT2D eigenvalue weighted by atomic mass is 9.95. The molecule has 6 rings (SSSR count). The molecule has 2 aliphatic heterocycles. The first-order valence-corrected chi connectivity index (χ1v) is 17.9. The number of hydrogen-bond donors (Lipinski definition) is 1. The third kappa shape index (κ3) is 9.49. The van der Waals surface area contributed by atoms with Crippen LogP contribution in [0.25, 0.3) is 33.0 Å². The molecule has 0 unspecified atom stereocenters. The number of carbonyl (C=O) groups is 2. The van der Waals surface area contributed by atoms with Crippen molar-refractivity contribution < 1.29 is 9.59 Å². The van der Waals surface area contributed by atoms with Gasteiger partial charge in [-0.1, -0.05) is 89.4 Å². The van der Waals surface area contributed by atoms with Crippen LogP contribution in [0, 0.1) is 12.8 Å². The van der Waals surface area contributed by atoms with Gasteiger partial charge in [0, 0.05) is 64.6 Å². The number of unbranched alkanes of at least 4 members (excludes halogenated alkanes) is 2. The summed E-state index contributed by atoms with van der Waals surface area (Å²) in [5.41, 5.74) is 5.83. The number of allylic oxidation sites excluding steroid dienone is 2. The van der Waals surface area contributed by atoms with E-state index >= 15 is 0 Å². The number of para-hydroxylation sites is 2. The Morgan fingerprint density at radius 3 is 2.00 bits per heavy atom. The van der Waals surface area contributed by atoms with Crippen molar-refractivity contribution in [3.8, 4) is 12.8 Å². The highest BCUT2D eigenvalue weighted by Gasteiger charge is 2.35. The van der Waals surface area contributed by atoms with Crippen LogP contribution in [0.15, 0.2) is 78.1 Å². The molecule has 49 heavy (non-hydrogen) atoms. The van der Waals surface area contributed by atoms with E-state index in [0.717, 1.165) is 52.6 Å². The van der Waals surface area contributed by atoms with Gasteiger partial charge in [0.05, 0.1) is 17.8 Å². The molecule has 0 radical (unpaired) electrons. The van der Waals surface area contributed by atoms with E-state index in [4.69, 9.17) is 4.99 Å². The molecule has 1 fully saturated rings. The average Bonchev–Trinajstić information content (AvgIpc) is 3.92. The summed E-state index contributed by atoms with van der Waals surface area (Å²) >= 11 is 0. The molecule has 2 amide bonds. The summed E-state index contributed by atoms with van der Waals surface area (Å²) in [5, 5.41) is 4.44. The van der Waals surface area contributed by atoms with Gasteiger partial charge in [0.1, 0.15) is 0 Å². The Morgan fingerprint density at radius 1 is 0.837 bits per heavy atom. The highest BCUT2D eigenvalue weighted by Crippen LogP contribution is 2.38. The molecule has 4 aromatic rings. The molecule has 0 saturated carbocycles. The van der Waals surface area contributed by atoms with Crippen molar-refractivity contribution in [2.45, 2.75) is 86.1 Å². The van der Waals surface area contributed by atoms with Crippen molar-refractivity contribution >= 4 is 50.5 Å². The van der Waals surface area contributed by atoms with Crippen molar-refractivity contribution in [1.29, 1.82) is 0 Å². The number of terminal acetylenes is 1. The maximum atomic E-state index is 12.8. The van der Waals surface area contributed by atoms with E-state index in [-0.39, 0.29) is 11.8 Å². The van der Waals surface area contributed by atoms with Crippen LogP contribution in [0.4, 0.5) is 0 Å². The molecule has 2 aliphatic rings. The van der Waals surface area contributed by atoms with Gasteiger partial charge in [0.2, 0.25) is 0 Å². The summed E-state index contributed by atoms with van der Waals surface area (Å²) in [4.78, 5) is 32.9. The molecule has 260 valence electrons. The van der Waals surface area contributed by atoms with Gasteiger partial charge >= 0.3 is 0 Å². The second kappa shape index (κ2) is 20.0. The second-order valence-corrected chi connectivity index (χ2v) is 12.0. The van der Waals surface area contributed by atoms with Gasteiger partial charge in [0.15, 0.2) is 0 Å². The van der Waals surface area contributed by atoms with Crippen LogP contribution in [0.3, 0.4) is 0 Å².